The van der Waals surface area contributed by atoms with Crippen molar-refractivity contribution in [2.45, 2.75) is 74.9 Å². The lowest BCUT2D eigenvalue weighted by Gasteiger charge is -2.50. The van der Waals surface area contributed by atoms with Crippen LogP contribution < -0.4 is 20.1 Å². The number of pyridine rings is 1. The van der Waals surface area contributed by atoms with E-state index in [1.54, 1.807) is 0 Å². The van der Waals surface area contributed by atoms with Crippen molar-refractivity contribution < 1.29 is 31.4 Å². The molecule has 254 valence electrons. The highest BCUT2D eigenvalue weighted by Crippen LogP contribution is 2.47. The van der Waals surface area contributed by atoms with E-state index in [1.807, 2.05) is 25.9 Å². The van der Waals surface area contributed by atoms with E-state index < -0.39 is 45.5 Å². The molecule has 9 nitrogen and oxygen atoms in total. The van der Waals surface area contributed by atoms with E-state index in [0.717, 1.165) is 50.8 Å². The smallest absolute Gasteiger partial charge is 0.418 e. The predicted molar refractivity (Wildman–Crippen MR) is 168 cm³/mol. The van der Waals surface area contributed by atoms with Gasteiger partial charge in [0.25, 0.3) is 0 Å². The Kier molecular flexibility index (Phi) is 7.87. The number of benzene rings is 1. The molecule has 0 spiro atoms. The average Bonchev–Trinajstić information content (AvgIpc) is 3.45. The van der Waals surface area contributed by atoms with Gasteiger partial charge in [0, 0.05) is 36.3 Å². The molecule has 3 aliphatic heterocycles. The van der Waals surface area contributed by atoms with E-state index in [0.29, 0.717) is 25.3 Å². The van der Waals surface area contributed by atoms with Gasteiger partial charge >= 0.3 is 12.2 Å². The maximum atomic E-state index is 16.8. The number of nitrogens with zero attached hydrogens (tertiary/aromatic N) is 6. The van der Waals surface area contributed by atoms with E-state index in [4.69, 9.17) is 31.8 Å². The molecule has 1 unspecified atom stereocenters. The first-order valence-corrected chi connectivity index (χ1v) is 16.3. The van der Waals surface area contributed by atoms with Gasteiger partial charge in [-0.05, 0) is 71.8 Å². The first-order chi connectivity index (χ1) is 22.2. The van der Waals surface area contributed by atoms with Gasteiger partial charge in [0.1, 0.15) is 41.8 Å². The highest BCUT2D eigenvalue weighted by Gasteiger charge is 2.50. The molecule has 4 aliphatic rings. The Morgan fingerprint density at radius 1 is 1.15 bits per heavy atom. The molecule has 0 amide bonds. The number of nitrogen functional groups attached to an aromatic ring is 1. The van der Waals surface area contributed by atoms with Crippen LogP contribution in [0.3, 0.4) is 0 Å². The maximum absolute atomic E-state index is 16.8. The normalized spacial score (nSPS) is 25.5. The Morgan fingerprint density at radius 3 is 2.60 bits per heavy atom. The molecule has 3 aromatic rings. The minimum Gasteiger partial charge on any atom is -0.475 e. The summed E-state index contributed by atoms with van der Waals surface area (Å²) in [7, 11) is 4.04. The number of rotatable bonds is 7. The van der Waals surface area contributed by atoms with Crippen LogP contribution in [0.15, 0.2) is 12.1 Å². The van der Waals surface area contributed by atoms with Gasteiger partial charge < -0.3 is 25.0 Å². The number of alkyl halides is 4. The van der Waals surface area contributed by atoms with Crippen LogP contribution in [0.4, 0.5) is 33.5 Å². The molecule has 47 heavy (non-hydrogen) atoms. The summed E-state index contributed by atoms with van der Waals surface area (Å²) in [6, 6.07) is 1.51. The van der Waals surface area contributed by atoms with Crippen molar-refractivity contribution in [3.63, 3.8) is 0 Å². The SMILES string of the molecule is CC1COc2nc(-c3cc(N)cc(Cl)c3C(F)(F)F)c(F)c3nc(OC[C@@]45CCCN4C[C@H](F)C5)nc(c23)N1CC1(N(C)C)CCC1. The standard InChI is InChI=1S/C32H37ClF5N7O2/c1-17-14-46-28-22-26(24(35)25(40-28)20-10-19(39)11-21(33)23(20)32(36,37)38)41-29(47-16-31-8-5-9-44(31)13-18(34)12-31)42-27(22)45(17)15-30(43(2)3)6-4-7-30/h10-11,17-18H,4-9,12-16,39H2,1-3H3/t17?,18-,31+/m1/s1. The van der Waals surface area contributed by atoms with Gasteiger partial charge in [0.2, 0.25) is 5.88 Å². The van der Waals surface area contributed by atoms with Crippen molar-refractivity contribution in [2.24, 2.45) is 0 Å². The lowest BCUT2D eigenvalue weighted by molar-refractivity contribution is -0.137. The fraction of sp³-hybridized carbons (Fsp3) is 0.594. The van der Waals surface area contributed by atoms with Crippen LogP contribution in [0, 0.1) is 5.82 Å². The highest BCUT2D eigenvalue weighted by molar-refractivity contribution is 6.32. The van der Waals surface area contributed by atoms with Crippen LogP contribution in [0.2, 0.25) is 5.02 Å². The van der Waals surface area contributed by atoms with Crippen LogP contribution in [0.1, 0.15) is 51.0 Å². The highest BCUT2D eigenvalue weighted by atomic mass is 35.5. The Labute approximate surface area is 274 Å². The van der Waals surface area contributed by atoms with Crippen molar-refractivity contribution in [1.82, 2.24) is 24.8 Å². The number of nitrogens with two attached hydrogens (primary N) is 1. The van der Waals surface area contributed by atoms with E-state index in [9.17, 15) is 17.6 Å². The predicted octanol–water partition coefficient (Wildman–Crippen LogP) is 6.11. The lowest BCUT2D eigenvalue weighted by atomic mass is 9.75. The monoisotopic (exact) mass is 681 g/mol. The third-order valence-corrected chi connectivity index (χ3v) is 10.9. The van der Waals surface area contributed by atoms with E-state index in [2.05, 4.69) is 19.8 Å². The van der Waals surface area contributed by atoms with E-state index in [-0.39, 0.29) is 53.3 Å². The van der Waals surface area contributed by atoms with Crippen LogP contribution in [-0.4, -0.2) is 95.0 Å². The number of anilines is 2. The fourth-order valence-corrected chi connectivity index (χ4v) is 8.12. The molecule has 0 bridgehead atoms. The van der Waals surface area contributed by atoms with Gasteiger partial charge in [0.05, 0.1) is 22.2 Å². The molecule has 5 heterocycles. The summed E-state index contributed by atoms with van der Waals surface area (Å²) in [6.07, 6.45) is -1.05. The summed E-state index contributed by atoms with van der Waals surface area (Å²) in [5.74, 6) is -0.921. The van der Waals surface area contributed by atoms with Gasteiger partial charge in [-0.2, -0.15) is 23.1 Å². The van der Waals surface area contributed by atoms with Crippen molar-refractivity contribution >= 4 is 34.0 Å². The second-order valence-corrected chi connectivity index (χ2v) is 14.1. The Bertz CT molecular complexity index is 1720. The summed E-state index contributed by atoms with van der Waals surface area (Å²) in [5, 5.41) is -0.560. The van der Waals surface area contributed by atoms with Crippen molar-refractivity contribution in [2.75, 3.05) is 57.6 Å². The molecule has 3 fully saturated rings. The molecular formula is C32H37ClF5N7O2. The number of hydrogen-bond donors (Lipinski definition) is 1. The molecule has 7 rings (SSSR count). The first kappa shape index (κ1) is 32.3. The first-order valence-electron chi connectivity index (χ1n) is 15.9. The number of fused-ring (bicyclic) bond motifs is 1. The van der Waals surface area contributed by atoms with Crippen molar-refractivity contribution in [3.05, 3.63) is 28.5 Å². The zero-order chi connectivity index (χ0) is 33.5. The third kappa shape index (κ3) is 5.40. The minimum atomic E-state index is -4.94. The molecular weight excluding hydrogens is 645 g/mol. The largest absolute Gasteiger partial charge is 0.475 e. The van der Waals surface area contributed by atoms with Gasteiger partial charge in [-0.15, -0.1) is 0 Å². The Balaban J connectivity index is 1.42. The summed E-state index contributed by atoms with van der Waals surface area (Å²) in [5.41, 5.74) is 2.20. The van der Waals surface area contributed by atoms with Gasteiger partial charge in [-0.25, -0.2) is 13.8 Å². The number of aromatic nitrogens is 3. The molecule has 2 N–H and O–H groups in total. The summed E-state index contributed by atoms with van der Waals surface area (Å²) >= 11 is 6.03. The molecule has 1 saturated carbocycles. The molecule has 2 saturated heterocycles. The van der Waals surface area contributed by atoms with Crippen LogP contribution >= 0.6 is 11.6 Å². The van der Waals surface area contributed by atoms with Crippen molar-refractivity contribution in [3.8, 4) is 23.1 Å². The second-order valence-electron chi connectivity index (χ2n) is 13.7. The second kappa shape index (κ2) is 11.4. The lowest BCUT2D eigenvalue weighted by Crippen LogP contribution is -2.59. The minimum absolute atomic E-state index is 0.0848. The molecule has 0 radical (unpaired) electrons. The van der Waals surface area contributed by atoms with Crippen LogP contribution in [0.5, 0.6) is 11.9 Å². The molecule has 1 aromatic carbocycles. The van der Waals surface area contributed by atoms with Crippen LogP contribution in [0.25, 0.3) is 22.2 Å². The number of halogens is 6. The number of hydrogen-bond acceptors (Lipinski definition) is 9. The third-order valence-electron chi connectivity index (χ3n) is 10.6. The molecule has 3 atom stereocenters. The fourth-order valence-electron chi connectivity index (χ4n) is 7.79. The topological polar surface area (TPSA) is 92.9 Å². The summed E-state index contributed by atoms with van der Waals surface area (Å²) in [6.45, 7) is 3.72. The van der Waals surface area contributed by atoms with Gasteiger partial charge in [0.15, 0.2) is 5.82 Å². The summed E-state index contributed by atoms with van der Waals surface area (Å²) in [4.78, 5) is 19.8. The van der Waals surface area contributed by atoms with Crippen molar-refractivity contribution in [1.29, 1.82) is 0 Å². The van der Waals surface area contributed by atoms with E-state index in [1.165, 1.54) is 0 Å². The maximum Gasteiger partial charge on any atom is 0.418 e. The zero-order valence-corrected chi connectivity index (χ0v) is 27.2. The number of ether oxygens (including phenoxy) is 2. The van der Waals surface area contributed by atoms with Gasteiger partial charge in [-0.3, -0.25) is 4.90 Å². The molecule has 1 aliphatic carbocycles. The average molecular weight is 682 g/mol. The Morgan fingerprint density at radius 2 is 1.91 bits per heavy atom. The Hall–Kier alpha value is -3.23. The van der Waals surface area contributed by atoms with E-state index >= 15 is 4.39 Å². The van der Waals surface area contributed by atoms with Crippen LogP contribution in [-0.2, 0) is 6.18 Å². The molecule has 2 aromatic heterocycles. The zero-order valence-electron chi connectivity index (χ0n) is 26.4. The molecule has 15 heteroatoms. The number of likely N-dealkylation sites (N-methyl/N-ethyl adjacent to an activating group) is 1. The van der Waals surface area contributed by atoms with Gasteiger partial charge in [-0.1, -0.05) is 11.6 Å². The summed E-state index contributed by atoms with van der Waals surface area (Å²) < 4.78 is 86.5. The quantitative estimate of drug-likeness (QED) is 0.234.